The summed E-state index contributed by atoms with van der Waals surface area (Å²) in [5, 5.41) is 7.00. The van der Waals surface area contributed by atoms with Crippen LogP contribution in [0.2, 0.25) is 0 Å². The molecule has 0 fully saturated rings. The topological polar surface area (TPSA) is 58.4 Å². The lowest BCUT2D eigenvalue weighted by molar-refractivity contribution is 0.0979. The van der Waals surface area contributed by atoms with Crippen LogP contribution < -0.4 is 10.2 Å². The maximum absolute atomic E-state index is 12.4. The number of anilines is 1. The van der Waals surface area contributed by atoms with Crippen molar-refractivity contribution in [3.8, 4) is 0 Å². The molecule has 1 amide bonds. The van der Waals surface area contributed by atoms with Gasteiger partial charge in [-0.2, -0.15) is 0 Å². The minimum absolute atomic E-state index is 0.125. The van der Waals surface area contributed by atoms with Crippen molar-refractivity contribution in [3.05, 3.63) is 47.9 Å². The van der Waals surface area contributed by atoms with Gasteiger partial charge in [0.2, 0.25) is 0 Å². The fourth-order valence-corrected chi connectivity index (χ4v) is 2.13. The third-order valence-corrected chi connectivity index (χ3v) is 3.01. The van der Waals surface area contributed by atoms with E-state index in [0.29, 0.717) is 12.2 Å². The Kier molecular flexibility index (Phi) is 2.82. The van der Waals surface area contributed by atoms with Gasteiger partial charge in [0.1, 0.15) is 6.26 Å². The molecule has 1 N–H and O–H groups in total. The number of hydrogen-bond acceptors (Lipinski definition) is 4. The Bertz CT molecular complexity index is 551. The smallest absolute Gasteiger partial charge is 0.280 e. The quantitative estimate of drug-likeness (QED) is 0.823. The lowest BCUT2D eigenvalue weighted by atomic mass is 10.1. The Hall–Kier alpha value is -2.14. The van der Waals surface area contributed by atoms with Crippen LogP contribution in [0.3, 0.4) is 0 Å². The first-order valence-corrected chi connectivity index (χ1v) is 5.87. The molecular formula is C13H13N3O2. The second kappa shape index (κ2) is 4.62. The second-order valence-electron chi connectivity index (χ2n) is 4.15. The van der Waals surface area contributed by atoms with Gasteiger partial charge in [-0.25, -0.2) is 0 Å². The summed E-state index contributed by atoms with van der Waals surface area (Å²) < 4.78 is 4.73. The van der Waals surface area contributed by atoms with E-state index in [2.05, 4.69) is 10.5 Å². The van der Waals surface area contributed by atoms with Crippen LogP contribution in [0.4, 0.5) is 5.69 Å². The van der Waals surface area contributed by atoms with E-state index in [9.17, 15) is 4.79 Å². The van der Waals surface area contributed by atoms with Gasteiger partial charge in [-0.15, -0.1) is 0 Å². The van der Waals surface area contributed by atoms with Crippen LogP contribution in [0.15, 0.2) is 41.1 Å². The van der Waals surface area contributed by atoms with E-state index in [-0.39, 0.29) is 5.91 Å². The third-order valence-electron chi connectivity index (χ3n) is 3.01. The minimum Gasteiger partial charge on any atom is -0.364 e. The molecule has 1 aliphatic rings. The van der Waals surface area contributed by atoms with Gasteiger partial charge in [0.25, 0.3) is 5.91 Å². The molecule has 18 heavy (non-hydrogen) atoms. The Balaban J connectivity index is 1.99. The lowest BCUT2D eigenvalue weighted by Gasteiger charge is -2.21. The molecule has 2 heterocycles. The Morgan fingerprint density at radius 1 is 1.33 bits per heavy atom. The molecule has 1 aromatic carbocycles. The van der Waals surface area contributed by atoms with Crippen LogP contribution in [-0.4, -0.2) is 24.2 Å². The molecule has 0 bridgehead atoms. The number of hydrogen-bond donors (Lipinski definition) is 1. The maximum atomic E-state index is 12.4. The minimum atomic E-state index is -0.125. The van der Waals surface area contributed by atoms with E-state index in [0.717, 1.165) is 24.3 Å². The van der Waals surface area contributed by atoms with Crippen molar-refractivity contribution in [1.82, 2.24) is 10.5 Å². The van der Waals surface area contributed by atoms with Gasteiger partial charge in [0.15, 0.2) is 5.69 Å². The highest BCUT2D eigenvalue weighted by atomic mass is 16.5. The monoisotopic (exact) mass is 243 g/mol. The molecule has 0 saturated carbocycles. The molecule has 0 aliphatic carbocycles. The highest BCUT2D eigenvalue weighted by molar-refractivity contribution is 6.05. The van der Waals surface area contributed by atoms with Crippen molar-refractivity contribution in [2.75, 3.05) is 18.0 Å². The summed E-state index contributed by atoms with van der Waals surface area (Å²) in [5.74, 6) is -0.125. The van der Waals surface area contributed by atoms with E-state index in [1.807, 2.05) is 24.3 Å². The number of fused-ring (bicyclic) bond motifs is 1. The van der Waals surface area contributed by atoms with Crippen molar-refractivity contribution in [2.45, 2.75) is 6.54 Å². The summed E-state index contributed by atoms with van der Waals surface area (Å²) >= 11 is 0. The van der Waals surface area contributed by atoms with Gasteiger partial charge >= 0.3 is 0 Å². The van der Waals surface area contributed by atoms with Crippen LogP contribution in [0, 0.1) is 0 Å². The van der Waals surface area contributed by atoms with E-state index in [4.69, 9.17) is 4.52 Å². The second-order valence-corrected chi connectivity index (χ2v) is 4.15. The van der Waals surface area contributed by atoms with Crippen molar-refractivity contribution in [3.63, 3.8) is 0 Å². The standard InChI is InChI=1S/C13H13N3O2/c17-13(11-5-8-18-15-11)16-7-6-14-9-10-3-1-2-4-12(10)16/h1-5,8,14H,6-7,9H2. The molecule has 5 heteroatoms. The number of benzene rings is 1. The number of aromatic nitrogens is 1. The van der Waals surface area contributed by atoms with Gasteiger partial charge in [-0.3, -0.25) is 4.79 Å². The molecule has 0 saturated heterocycles. The molecule has 3 rings (SSSR count). The maximum Gasteiger partial charge on any atom is 0.280 e. The summed E-state index contributed by atoms with van der Waals surface area (Å²) in [6.45, 7) is 2.17. The molecular weight excluding hydrogens is 230 g/mol. The Labute approximate surface area is 104 Å². The summed E-state index contributed by atoms with van der Waals surface area (Å²) in [6, 6.07) is 9.48. The van der Waals surface area contributed by atoms with Gasteiger partial charge in [0.05, 0.1) is 0 Å². The fourth-order valence-electron chi connectivity index (χ4n) is 2.13. The summed E-state index contributed by atoms with van der Waals surface area (Å²) in [7, 11) is 0. The van der Waals surface area contributed by atoms with Crippen LogP contribution in [0.25, 0.3) is 0 Å². The lowest BCUT2D eigenvalue weighted by Crippen LogP contribution is -2.34. The normalized spacial score (nSPS) is 15.0. The average molecular weight is 243 g/mol. The zero-order chi connectivity index (χ0) is 12.4. The van der Waals surface area contributed by atoms with Gasteiger partial charge in [-0.1, -0.05) is 23.4 Å². The SMILES string of the molecule is O=C(c1ccon1)N1CCNCc2ccccc21. The molecule has 0 unspecified atom stereocenters. The number of carbonyl (C=O) groups is 1. The largest absolute Gasteiger partial charge is 0.364 e. The van der Waals surface area contributed by atoms with Crippen LogP contribution >= 0.6 is 0 Å². The molecule has 1 aliphatic heterocycles. The number of carbonyl (C=O) groups excluding carboxylic acids is 1. The van der Waals surface area contributed by atoms with Gasteiger partial charge < -0.3 is 14.7 Å². The molecule has 1 aromatic heterocycles. The van der Waals surface area contributed by atoms with Crippen LogP contribution in [0.1, 0.15) is 16.1 Å². The Morgan fingerprint density at radius 3 is 3.06 bits per heavy atom. The van der Waals surface area contributed by atoms with Crippen molar-refractivity contribution in [2.24, 2.45) is 0 Å². The zero-order valence-corrected chi connectivity index (χ0v) is 9.80. The number of rotatable bonds is 1. The highest BCUT2D eigenvalue weighted by Crippen LogP contribution is 2.23. The predicted octanol–water partition coefficient (Wildman–Crippen LogP) is 1.42. The molecule has 0 spiro atoms. The predicted molar refractivity (Wildman–Crippen MR) is 66.3 cm³/mol. The molecule has 0 radical (unpaired) electrons. The number of nitrogens with zero attached hydrogens (tertiary/aromatic N) is 2. The first kappa shape index (κ1) is 11.0. The summed E-state index contributed by atoms with van der Waals surface area (Å²) in [4.78, 5) is 14.1. The van der Waals surface area contributed by atoms with E-state index in [1.54, 1.807) is 11.0 Å². The first-order valence-electron chi connectivity index (χ1n) is 5.87. The van der Waals surface area contributed by atoms with Crippen LogP contribution in [-0.2, 0) is 6.54 Å². The van der Waals surface area contributed by atoms with Crippen molar-refractivity contribution in [1.29, 1.82) is 0 Å². The van der Waals surface area contributed by atoms with Gasteiger partial charge in [0, 0.05) is 31.4 Å². The fraction of sp³-hybridized carbons (Fsp3) is 0.231. The summed E-state index contributed by atoms with van der Waals surface area (Å²) in [6.07, 6.45) is 1.41. The van der Waals surface area contributed by atoms with E-state index < -0.39 is 0 Å². The van der Waals surface area contributed by atoms with Gasteiger partial charge in [-0.05, 0) is 11.6 Å². The molecule has 0 atom stereocenters. The number of para-hydroxylation sites is 1. The van der Waals surface area contributed by atoms with E-state index in [1.165, 1.54) is 6.26 Å². The third kappa shape index (κ3) is 1.89. The average Bonchev–Trinajstić information content (AvgIpc) is 2.85. The van der Waals surface area contributed by atoms with Crippen molar-refractivity contribution >= 4 is 11.6 Å². The number of nitrogens with one attached hydrogen (secondary N) is 1. The highest BCUT2D eigenvalue weighted by Gasteiger charge is 2.23. The first-order chi connectivity index (χ1) is 8.86. The Morgan fingerprint density at radius 2 is 2.22 bits per heavy atom. The summed E-state index contributed by atoms with van der Waals surface area (Å²) in [5.41, 5.74) is 2.40. The number of amides is 1. The van der Waals surface area contributed by atoms with Crippen LogP contribution in [0.5, 0.6) is 0 Å². The van der Waals surface area contributed by atoms with E-state index >= 15 is 0 Å². The zero-order valence-electron chi connectivity index (χ0n) is 9.80. The molecule has 92 valence electrons. The molecule has 2 aromatic rings. The van der Waals surface area contributed by atoms with Crippen molar-refractivity contribution < 1.29 is 9.32 Å². The molecule has 5 nitrogen and oxygen atoms in total.